The normalized spacial score (nSPS) is 19.5. The fourth-order valence-corrected chi connectivity index (χ4v) is 2.02. The summed E-state index contributed by atoms with van der Waals surface area (Å²) in [6.07, 6.45) is 2.90. The number of nitrogens with zero attached hydrogens (tertiary/aromatic N) is 2. The molecule has 0 saturated carbocycles. The Bertz CT molecular complexity index is 449. The molecule has 0 radical (unpaired) electrons. The van der Waals surface area contributed by atoms with E-state index in [1.54, 1.807) is 17.3 Å². The van der Waals surface area contributed by atoms with E-state index in [0.717, 1.165) is 5.56 Å². The summed E-state index contributed by atoms with van der Waals surface area (Å²) in [6, 6.07) is 3.71. The third kappa shape index (κ3) is 3.75. The first-order chi connectivity index (χ1) is 9.16. The highest BCUT2D eigenvalue weighted by atomic mass is 16.5. The van der Waals surface area contributed by atoms with Crippen LogP contribution in [0, 0.1) is 0 Å². The van der Waals surface area contributed by atoms with Crippen molar-refractivity contribution < 1.29 is 19.4 Å². The fraction of sp³-hybridized carbons (Fsp3) is 0.462. The van der Waals surface area contributed by atoms with Crippen molar-refractivity contribution in [3.8, 4) is 0 Å². The minimum atomic E-state index is -0.914. The molecule has 0 bridgehead atoms. The molecule has 1 N–H and O–H groups in total. The van der Waals surface area contributed by atoms with Crippen LogP contribution < -0.4 is 0 Å². The molecule has 1 aromatic rings. The van der Waals surface area contributed by atoms with Crippen molar-refractivity contribution in [2.24, 2.45) is 0 Å². The predicted octanol–water partition coefficient (Wildman–Crippen LogP) is 0.674. The number of rotatable bonds is 5. The standard InChI is InChI=1S/C13H16N2O4/c16-12(17)2-1-11-13(18)15(7-8-19-11)9-10-3-5-14-6-4-10/h3-6,11H,1-2,7-9H2,(H,16,17). The lowest BCUT2D eigenvalue weighted by Gasteiger charge is -2.32. The first-order valence-corrected chi connectivity index (χ1v) is 6.18. The van der Waals surface area contributed by atoms with Gasteiger partial charge in [-0.1, -0.05) is 0 Å². The van der Waals surface area contributed by atoms with E-state index in [1.165, 1.54) is 0 Å². The summed E-state index contributed by atoms with van der Waals surface area (Å²) in [7, 11) is 0. The topological polar surface area (TPSA) is 79.7 Å². The van der Waals surface area contributed by atoms with Gasteiger partial charge in [-0.05, 0) is 24.1 Å². The highest BCUT2D eigenvalue weighted by molar-refractivity contribution is 5.82. The zero-order valence-electron chi connectivity index (χ0n) is 10.5. The number of carbonyl (C=O) groups is 2. The Labute approximate surface area is 111 Å². The highest BCUT2D eigenvalue weighted by Gasteiger charge is 2.29. The molecule has 1 unspecified atom stereocenters. The van der Waals surface area contributed by atoms with Gasteiger partial charge in [-0.25, -0.2) is 0 Å². The van der Waals surface area contributed by atoms with Crippen LogP contribution in [0.25, 0.3) is 0 Å². The number of aromatic nitrogens is 1. The summed E-state index contributed by atoms with van der Waals surface area (Å²) in [5.74, 6) is -1.05. The van der Waals surface area contributed by atoms with Gasteiger partial charge >= 0.3 is 5.97 Å². The van der Waals surface area contributed by atoms with Crippen molar-refractivity contribution in [3.05, 3.63) is 30.1 Å². The van der Waals surface area contributed by atoms with Crippen molar-refractivity contribution in [1.29, 1.82) is 0 Å². The smallest absolute Gasteiger partial charge is 0.303 e. The molecule has 6 nitrogen and oxygen atoms in total. The van der Waals surface area contributed by atoms with Gasteiger partial charge in [-0.3, -0.25) is 14.6 Å². The van der Waals surface area contributed by atoms with E-state index in [2.05, 4.69) is 4.98 Å². The van der Waals surface area contributed by atoms with Gasteiger partial charge in [0.1, 0.15) is 6.10 Å². The van der Waals surface area contributed by atoms with Gasteiger partial charge in [0.2, 0.25) is 0 Å². The number of hydrogen-bond donors (Lipinski definition) is 1. The van der Waals surface area contributed by atoms with Crippen molar-refractivity contribution in [2.45, 2.75) is 25.5 Å². The summed E-state index contributed by atoms with van der Waals surface area (Å²) in [5.41, 5.74) is 1.00. The Kier molecular flexibility index (Phi) is 4.46. The van der Waals surface area contributed by atoms with Gasteiger partial charge < -0.3 is 14.7 Å². The third-order valence-electron chi connectivity index (χ3n) is 3.01. The van der Waals surface area contributed by atoms with E-state index < -0.39 is 12.1 Å². The predicted molar refractivity (Wildman–Crippen MR) is 66.3 cm³/mol. The van der Waals surface area contributed by atoms with Crippen LogP contribution in [0.1, 0.15) is 18.4 Å². The summed E-state index contributed by atoms with van der Waals surface area (Å²) in [6.45, 7) is 1.49. The lowest BCUT2D eigenvalue weighted by Crippen LogP contribution is -2.47. The van der Waals surface area contributed by atoms with Gasteiger partial charge in [0.15, 0.2) is 0 Å². The Morgan fingerprint density at radius 2 is 2.21 bits per heavy atom. The second-order valence-electron chi connectivity index (χ2n) is 4.41. The lowest BCUT2D eigenvalue weighted by atomic mass is 10.1. The van der Waals surface area contributed by atoms with Crippen LogP contribution in [-0.2, 0) is 20.9 Å². The minimum Gasteiger partial charge on any atom is -0.481 e. The number of pyridine rings is 1. The molecule has 102 valence electrons. The minimum absolute atomic E-state index is 0.0560. The fourth-order valence-electron chi connectivity index (χ4n) is 2.02. The Hall–Kier alpha value is -1.95. The molecule has 1 aliphatic heterocycles. The Balaban J connectivity index is 1.94. The second kappa shape index (κ2) is 6.29. The molecule has 0 aliphatic carbocycles. The Morgan fingerprint density at radius 3 is 2.89 bits per heavy atom. The van der Waals surface area contributed by atoms with Crippen molar-refractivity contribution in [3.63, 3.8) is 0 Å². The average Bonchev–Trinajstić information content (AvgIpc) is 2.41. The molecular formula is C13H16N2O4. The van der Waals surface area contributed by atoms with Crippen LogP contribution in [0.5, 0.6) is 0 Å². The molecule has 0 aromatic carbocycles. The SMILES string of the molecule is O=C(O)CCC1OCCN(Cc2ccncc2)C1=O. The van der Waals surface area contributed by atoms with Gasteiger partial charge in [-0.15, -0.1) is 0 Å². The molecule has 0 spiro atoms. The molecule has 1 amide bonds. The molecule has 1 saturated heterocycles. The molecule has 2 rings (SSSR count). The van der Waals surface area contributed by atoms with E-state index in [-0.39, 0.29) is 18.7 Å². The molecule has 1 aromatic heterocycles. The number of morpholine rings is 1. The van der Waals surface area contributed by atoms with Crippen LogP contribution in [-0.4, -0.2) is 46.1 Å². The summed E-state index contributed by atoms with van der Waals surface area (Å²) < 4.78 is 5.34. The molecule has 1 atom stereocenters. The zero-order chi connectivity index (χ0) is 13.7. The molecule has 1 aliphatic rings. The number of carboxylic acids is 1. The zero-order valence-corrected chi connectivity index (χ0v) is 10.5. The van der Waals surface area contributed by atoms with E-state index >= 15 is 0 Å². The quantitative estimate of drug-likeness (QED) is 0.845. The summed E-state index contributed by atoms with van der Waals surface area (Å²) in [4.78, 5) is 28.3. The monoisotopic (exact) mass is 264 g/mol. The highest BCUT2D eigenvalue weighted by Crippen LogP contribution is 2.15. The molecule has 2 heterocycles. The third-order valence-corrected chi connectivity index (χ3v) is 3.01. The van der Waals surface area contributed by atoms with Crippen LogP contribution >= 0.6 is 0 Å². The first-order valence-electron chi connectivity index (χ1n) is 6.18. The largest absolute Gasteiger partial charge is 0.481 e. The van der Waals surface area contributed by atoms with E-state index in [4.69, 9.17) is 9.84 Å². The van der Waals surface area contributed by atoms with Crippen LogP contribution in [0.3, 0.4) is 0 Å². The second-order valence-corrected chi connectivity index (χ2v) is 4.41. The van der Waals surface area contributed by atoms with Crippen LogP contribution in [0.15, 0.2) is 24.5 Å². The lowest BCUT2D eigenvalue weighted by molar-refractivity contribution is -0.155. The molecule has 19 heavy (non-hydrogen) atoms. The van der Waals surface area contributed by atoms with Crippen molar-refractivity contribution in [2.75, 3.05) is 13.2 Å². The van der Waals surface area contributed by atoms with Gasteiger partial charge in [0.05, 0.1) is 6.61 Å². The van der Waals surface area contributed by atoms with Crippen LogP contribution in [0.2, 0.25) is 0 Å². The van der Waals surface area contributed by atoms with Crippen molar-refractivity contribution >= 4 is 11.9 Å². The van der Waals surface area contributed by atoms with Gasteiger partial charge in [0.25, 0.3) is 5.91 Å². The first kappa shape index (κ1) is 13.5. The summed E-state index contributed by atoms with van der Waals surface area (Å²) in [5, 5.41) is 8.64. The number of aliphatic carboxylic acids is 1. The number of hydrogen-bond acceptors (Lipinski definition) is 4. The average molecular weight is 264 g/mol. The number of carboxylic acid groups (broad SMARTS) is 1. The Morgan fingerprint density at radius 1 is 1.47 bits per heavy atom. The number of amides is 1. The van der Waals surface area contributed by atoms with E-state index in [0.29, 0.717) is 19.7 Å². The maximum absolute atomic E-state index is 12.1. The molecular weight excluding hydrogens is 248 g/mol. The molecule has 1 fully saturated rings. The summed E-state index contributed by atoms with van der Waals surface area (Å²) >= 11 is 0. The van der Waals surface area contributed by atoms with Gasteiger partial charge in [-0.2, -0.15) is 0 Å². The van der Waals surface area contributed by atoms with E-state index in [1.807, 2.05) is 12.1 Å². The van der Waals surface area contributed by atoms with Gasteiger partial charge in [0, 0.05) is 31.9 Å². The molecule has 6 heteroatoms. The maximum Gasteiger partial charge on any atom is 0.303 e. The number of ether oxygens (including phenoxy) is 1. The van der Waals surface area contributed by atoms with Crippen molar-refractivity contribution in [1.82, 2.24) is 9.88 Å². The number of carbonyl (C=O) groups excluding carboxylic acids is 1. The van der Waals surface area contributed by atoms with Crippen LogP contribution in [0.4, 0.5) is 0 Å². The van der Waals surface area contributed by atoms with E-state index in [9.17, 15) is 9.59 Å². The maximum atomic E-state index is 12.1.